The smallest absolute Gasteiger partial charge is 0.264 e. The van der Waals surface area contributed by atoms with Gasteiger partial charge >= 0.3 is 0 Å². The molecule has 4 rings (SSSR count). The van der Waals surface area contributed by atoms with Crippen LogP contribution in [0.3, 0.4) is 0 Å². The van der Waals surface area contributed by atoms with E-state index in [0.717, 1.165) is 33.4 Å². The number of nitrogens with one attached hydrogen (secondary N) is 1. The lowest BCUT2D eigenvalue weighted by Crippen LogP contribution is -2.31. The Kier molecular flexibility index (Phi) is 6.34. The minimum Gasteiger partial charge on any atom is -0.497 e. The van der Waals surface area contributed by atoms with Crippen LogP contribution in [0.15, 0.2) is 71.6 Å². The molecule has 0 aliphatic carbocycles. The van der Waals surface area contributed by atoms with Gasteiger partial charge in [0.05, 0.1) is 31.1 Å². The number of methoxy groups -OCH3 is 2. The maximum Gasteiger partial charge on any atom is 0.264 e. The van der Waals surface area contributed by atoms with E-state index in [1.807, 2.05) is 56.3 Å². The van der Waals surface area contributed by atoms with E-state index in [9.17, 15) is 13.2 Å². The number of aromatic nitrogens is 1. The molecule has 0 unspecified atom stereocenters. The van der Waals surface area contributed by atoms with Gasteiger partial charge in [0, 0.05) is 16.8 Å². The predicted octanol–water partition coefficient (Wildman–Crippen LogP) is 4.31. The summed E-state index contributed by atoms with van der Waals surface area (Å²) in [6, 6.07) is 19.6. The van der Waals surface area contributed by atoms with Crippen LogP contribution in [0.1, 0.15) is 16.8 Å². The second-order valence-corrected chi connectivity index (χ2v) is 9.68. The van der Waals surface area contributed by atoms with Gasteiger partial charge in [0.15, 0.2) is 0 Å². The zero-order valence-corrected chi connectivity index (χ0v) is 20.3. The van der Waals surface area contributed by atoms with Crippen molar-refractivity contribution in [3.8, 4) is 17.2 Å². The molecular weight excluding hydrogens is 452 g/mol. The number of carbonyl (C=O) groups is 1. The molecule has 0 fully saturated rings. The number of benzene rings is 3. The van der Waals surface area contributed by atoms with Gasteiger partial charge in [0.1, 0.15) is 11.5 Å². The first kappa shape index (κ1) is 23.4. The second-order valence-electron chi connectivity index (χ2n) is 8.00. The van der Waals surface area contributed by atoms with Crippen molar-refractivity contribution in [2.75, 3.05) is 14.2 Å². The van der Waals surface area contributed by atoms with Crippen LogP contribution >= 0.6 is 0 Å². The Morgan fingerprint density at radius 1 is 0.882 bits per heavy atom. The molecule has 0 saturated carbocycles. The highest BCUT2D eigenvalue weighted by Gasteiger charge is 2.22. The van der Waals surface area contributed by atoms with E-state index in [2.05, 4.69) is 9.29 Å². The molecule has 0 radical (unpaired) electrons. The molecule has 0 atom stereocenters. The lowest BCUT2D eigenvalue weighted by molar-refractivity contribution is -0.118. The summed E-state index contributed by atoms with van der Waals surface area (Å²) in [6.07, 6.45) is -0.107. The van der Waals surface area contributed by atoms with Crippen LogP contribution in [0, 0.1) is 13.8 Å². The first-order valence-electron chi connectivity index (χ1n) is 10.7. The van der Waals surface area contributed by atoms with Gasteiger partial charge < -0.3 is 14.0 Å². The summed E-state index contributed by atoms with van der Waals surface area (Å²) in [5.41, 5.74) is 4.59. The summed E-state index contributed by atoms with van der Waals surface area (Å²) in [5.74, 6) is 0.560. The zero-order valence-electron chi connectivity index (χ0n) is 19.5. The molecule has 3 aromatic carbocycles. The number of hydrogen-bond donors (Lipinski definition) is 1. The van der Waals surface area contributed by atoms with Crippen molar-refractivity contribution in [3.05, 3.63) is 83.6 Å². The van der Waals surface area contributed by atoms with Gasteiger partial charge in [-0.05, 0) is 74.0 Å². The van der Waals surface area contributed by atoms with Gasteiger partial charge in [-0.25, -0.2) is 13.1 Å². The molecule has 0 bridgehead atoms. The van der Waals surface area contributed by atoms with E-state index in [1.54, 1.807) is 7.11 Å². The Morgan fingerprint density at radius 3 is 2.12 bits per heavy atom. The number of fused-ring (bicyclic) bond motifs is 1. The Bertz CT molecular complexity index is 1450. The Hall–Kier alpha value is -3.78. The SMILES string of the molecule is COc1ccc(S(=O)(=O)NC(=O)Cc2c(C)n(-c3ccc(C)cc3)c3ccc(OC)cc23)cc1. The molecule has 176 valence electrons. The predicted molar refractivity (Wildman–Crippen MR) is 131 cm³/mol. The van der Waals surface area contributed by atoms with Crippen molar-refractivity contribution in [2.24, 2.45) is 0 Å². The topological polar surface area (TPSA) is 86.6 Å². The van der Waals surface area contributed by atoms with E-state index in [4.69, 9.17) is 9.47 Å². The van der Waals surface area contributed by atoms with Crippen LogP contribution in [0.5, 0.6) is 11.5 Å². The number of amides is 1. The lowest BCUT2D eigenvalue weighted by atomic mass is 10.1. The fraction of sp³-hybridized carbons (Fsp3) is 0.192. The number of carbonyl (C=O) groups excluding carboxylic acids is 1. The fourth-order valence-corrected chi connectivity index (χ4v) is 4.98. The number of nitrogens with zero attached hydrogens (tertiary/aromatic N) is 1. The number of rotatable bonds is 7. The van der Waals surface area contributed by atoms with E-state index in [1.165, 1.54) is 31.4 Å². The molecule has 7 nitrogen and oxygen atoms in total. The van der Waals surface area contributed by atoms with Gasteiger partial charge in [-0.15, -0.1) is 0 Å². The summed E-state index contributed by atoms with van der Waals surface area (Å²) in [5, 5.41) is 0.828. The van der Waals surface area contributed by atoms with Crippen LogP contribution < -0.4 is 14.2 Å². The number of ether oxygens (including phenoxy) is 2. The molecule has 0 aliphatic heterocycles. The van der Waals surface area contributed by atoms with Gasteiger partial charge in [-0.3, -0.25) is 4.79 Å². The maximum absolute atomic E-state index is 12.9. The minimum absolute atomic E-state index is 0.0119. The van der Waals surface area contributed by atoms with Gasteiger partial charge in [-0.1, -0.05) is 17.7 Å². The summed E-state index contributed by atoms with van der Waals surface area (Å²) >= 11 is 0. The Morgan fingerprint density at radius 2 is 1.50 bits per heavy atom. The van der Waals surface area contributed by atoms with Crippen LogP contribution in [0.4, 0.5) is 0 Å². The van der Waals surface area contributed by atoms with Crippen molar-refractivity contribution in [1.29, 1.82) is 0 Å². The van der Waals surface area contributed by atoms with E-state index >= 15 is 0 Å². The molecule has 1 heterocycles. The van der Waals surface area contributed by atoms with Crippen molar-refractivity contribution in [3.63, 3.8) is 0 Å². The highest BCUT2D eigenvalue weighted by atomic mass is 32.2. The third kappa shape index (κ3) is 4.49. The normalized spacial score (nSPS) is 11.4. The van der Waals surface area contributed by atoms with E-state index in [0.29, 0.717) is 11.5 Å². The first-order chi connectivity index (χ1) is 16.2. The van der Waals surface area contributed by atoms with Gasteiger partial charge in [0.25, 0.3) is 10.0 Å². The highest BCUT2D eigenvalue weighted by Crippen LogP contribution is 2.32. The summed E-state index contributed by atoms with van der Waals surface area (Å²) in [4.78, 5) is 12.9. The molecule has 34 heavy (non-hydrogen) atoms. The summed E-state index contributed by atoms with van der Waals surface area (Å²) in [6.45, 7) is 3.95. The molecule has 1 aromatic heterocycles. The summed E-state index contributed by atoms with van der Waals surface area (Å²) < 4.78 is 40.2. The van der Waals surface area contributed by atoms with Gasteiger partial charge in [0.2, 0.25) is 5.91 Å². The molecule has 1 N–H and O–H groups in total. The monoisotopic (exact) mass is 478 g/mol. The second kappa shape index (κ2) is 9.23. The highest BCUT2D eigenvalue weighted by molar-refractivity contribution is 7.90. The molecular formula is C26H26N2O5S. The number of aryl methyl sites for hydroxylation is 1. The van der Waals surface area contributed by atoms with Crippen LogP contribution in [0.2, 0.25) is 0 Å². The van der Waals surface area contributed by atoms with Crippen molar-refractivity contribution in [2.45, 2.75) is 25.2 Å². The number of hydrogen-bond acceptors (Lipinski definition) is 5. The first-order valence-corrected chi connectivity index (χ1v) is 12.2. The van der Waals surface area contributed by atoms with Crippen LogP contribution in [-0.2, 0) is 21.2 Å². The third-order valence-corrected chi connectivity index (χ3v) is 7.18. The average molecular weight is 479 g/mol. The van der Waals surface area contributed by atoms with Gasteiger partial charge in [-0.2, -0.15) is 0 Å². The van der Waals surface area contributed by atoms with E-state index < -0.39 is 15.9 Å². The summed E-state index contributed by atoms with van der Waals surface area (Å²) in [7, 11) is -0.942. The zero-order chi connectivity index (χ0) is 24.5. The Labute approximate surface area is 199 Å². The maximum atomic E-state index is 12.9. The standard InChI is InChI=1S/C26H26N2O5S/c1-17-5-7-19(8-6-17)28-18(2)23(24-15-21(33-4)11-14-25(24)28)16-26(29)27-34(30,31)22-12-9-20(32-3)10-13-22/h5-15H,16H2,1-4H3,(H,27,29). The Balaban J connectivity index is 1.71. The molecule has 0 spiro atoms. The average Bonchev–Trinajstić information content (AvgIpc) is 3.09. The van der Waals surface area contributed by atoms with Crippen LogP contribution in [-0.4, -0.2) is 33.1 Å². The minimum atomic E-state index is -4.02. The van der Waals surface area contributed by atoms with Crippen molar-refractivity contribution in [1.82, 2.24) is 9.29 Å². The molecule has 8 heteroatoms. The third-order valence-electron chi connectivity index (χ3n) is 5.79. The largest absolute Gasteiger partial charge is 0.497 e. The quantitative estimate of drug-likeness (QED) is 0.428. The molecule has 1 amide bonds. The fourth-order valence-electron chi connectivity index (χ4n) is 4.00. The number of sulfonamides is 1. The lowest BCUT2D eigenvalue weighted by Gasteiger charge is -2.10. The van der Waals surface area contributed by atoms with E-state index in [-0.39, 0.29) is 11.3 Å². The molecule has 4 aromatic rings. The van der Waals surface area contributed by atoms with Crippen molar-refractivity contribution < 1.29 is 22.7 Å². The molecule has 0 aliphatic rings. The molecule has 0 saturated heterocycles. The van der Waals surface area contributed by atoms with Crippen molar-refractivity contribution >= 4 is 26.8 Å². The van der Waals surface area contributed by atoms with Crippen LogP contribution in [0.25, 0.3) is 16.6 Å².